The molecular weight excluding hydrogens is 372 g/mol. The van der Waals surface area contributed by atoms with Crippen molar-refractivity contribution >= 4 is 0 Å². The van der Waals surface area contributed by atoms with Gasteiger partial charge in [0.15, 0.2) is 0 Å². The van der Waals surface area contributed by atoms with Gasteiger partial charge in [-0.25, -0.2) is 0 Å². The molecule has 0 N–H and O–H groups in total. The first-order chi connectivity index (χ1) is 14.0. The molecule has 0 spiro atoms. The highest BCUT2D eigenvalue weighted by molar-refractivity contribution is 5.19. The first-order valence-corrected chi connectivity index (χ1v) is 14.0. The maximum Gasteiger partial charge on any atom is -0.0156 e. The molecule has 0 aromatic rings. The predicted molar refractivity (Wildman–Crippen MR) is 142 cm³/mol. The Bertz CT molecular complexity index is 569. The van der Waals surface area contributed by atoms with Crippen molar-refractivity contribution in [2.24, 2.45) is 56.7 Å². The zero-order valence-electron chi connectivity index (χ0n) is 24.6. The van der Waals surface area contributed by atoms with E-state index in [9.17, 15) is 0 Å². The number of hydrogen-bond acceptors (Lipinski definition) is 0. The molecule has 0 aromatic carbocycles. The first-order valence-electron chi connectivity index (χ1n) is 14.0. The molecule has 0 heterocycles. The van der Waals surface area contributed by atoms with E-state index in [1.54, 1.807) is 0 Å². The summed E-state index contributed by atoms with van der Waals surface area (Å²) in [7, 11) is 0. The molecule has 0 heteroatoms. The molecule has 0 aliphatic heterocycles. The largest absolute Gasteiger partial charge is 0.0651 e. The van der Waals surface area contributed by atoms with Gasteiger partial charge >= 0.3 is 0 Å². The quantitative estimate of drug-likeness (QED) is 0.303. The van der Waals surface area contributed by atoms with Crippen molar-refractivity contribution in [2.45, 2.75) is 142 Å². The van der Waals surface area contributed by atoms with Gasteiger partial charge in [0, 0.05) is 0 Å². The van der Waals surface area contributed by atoms with Crippen LogP contribution in [-0.2, 0) is 0 Å². The van der Waals surface area contributed by atoms with Crippen molar-refractivity contribution < 1.29 is 0 Å². The smallest absolute Gasteiger partial charge is 0.0156 e. The molecule has 1 fully saturated rings. The van der Waals surface area contributed by atoms with Crippen molar-refractivity contribution in [1.29, 1.82) is 0 Å². The summed E-state index contributed by atoms with van der Waals surface area (Å²) < 4.78 is 0. The van der Waals surface area contributed by atoms with E-state index in [4.69, 9.17) is 0 Å². The molecule has 1 rings (SSSR count). The monoisotopic (exact) mass is 434 g/mol. The van der Waals surface area contributed by atoms with Crippen LogP contribution in [0.15, 0.2) is 0 Å². The minimum atomic E-state index is 0.275. The number of rotatable bonds is 11. The van der Waals surface area contributed by atoms with Crippen LogP contribution in [0.1, 0.15) is 142 Å². The van der Waals surface area contributed by atoms with Gasteiger partial charge in [0.1, 0.15) is 0 Å². The highest BCUT2D eigenvalue weighted by Gasteiger charge is 2.71. The molecule has 0 amide bonds. The van der Waals surface area contributed by atoms with E-state index >= 15 is 0 Å². The molecule has 0 bridgehead atoms. The fourth-order valence-corrected chi connectivity index (χ4v) is 8.82. The van der Waals surface area contributed by atoms with Gasteiger partial charge in [-0.15, -0.1) is 0 Å². The van der Waals surface area contributed by atoms with Crippen LogP contribution >= 0.6 is 0 Å². The van der Waals surface area contributed by atoms with Crippen LogP contribution in [0.3, 0.4) is 0 Å². The summed E-state index contributed by atoms with van der Waals surface area (Å²) in [6.45, 7) is 38.4. The molecular formula is C31H62. The maximum atomic E-state index is 2.75. The molecule has 7 atom stereocenters. The molecule has 31 heavy (non-hydrogen) atoms. The lowest BCUT2D eigenvalue weighted by Gasteiger charge is -2.67. The van der Waals surface area contributed by atoms with Crippen molar-refractivity contribution in [3.8, 4) is 0 Å². The van der Waals surface area contributed by atoms with Crippen molar-refractivity contribution in [1.82, 2.24) is 0 Å². The molecule has 1 aliphatic carbocycles. The Morgan fingerprint density at radius 2 is 1.35 bits per heavy atom. The van der Waals surface area contributed by atoms with Gasteiger partial charge in [0.2, 0.25) is 0 Å². The average molecular weight is 435 g/mol. The highest BCUT2D eigenvalue weighted by Crippen LogP contribution is 2.77. The normalized spacial score (nSPS) is 34.1. The molecule has 1 aliphatic rings. The molecule has 1 saturated carbocycles. The first kappa shape index (κ1) is 29.0. The average Bonchev–Trinajstić information content (AvgIpc) is 2.94. The van der Waals surface area contributed by atoms with Crippen molar-refractivity contribution in [3.05, 3.63) is 0 Å². The topological polar surface area (TPSA) is 0 Å². The molecule has 0 aromatic heterocycles. The second kappa shape index (κ2) is 9.70. The fraction of sp³-hybridized carbons (Fsp3) is 1.00. The standard InChI is InChI=1S/C31H62/c1-16-23(7)24(8)20-26-21-30(15,29(14,18-3)22(5)6)31(19-4,25(26)9)28(12,13)27(10,11)17-2/h22-26H,16-21H2,1-15H3. The summed E-state index contributed by atoms with van der Waals surface area (Å²) in [5.74, 6) is 3.96. The highest BCUT2D eigenvalue weighted by atomic mass is 14.8. The third kappa shape index (κ3) is 4.07. The Morgan fingerprint density at radius 3 is 1.71 bits per heavy atom. The fourth-order valence-electron chi connectivity index (χ4n) is 8.82. The molecule has 0 nitrogen and oxygen atoms in total. The molecule has 7 unspecified atom stereocenters. The van der Waals surface area contributed by atoms with Crippen LogP contribution in [0.4, 0.5) is 0 Å². The SMILES string of the molecule is CCC(C)C(C)CC1CC(C)(C(C)(CC)C(C)C)C(CC)(C(C)(C)C(C)(C)CC)C1C. The van der Waals surface area contributed by atoms with Crippen LogP contribution in [0, 0.1) is 56.7 Å². The lowest BCUT2D eigenvalue weighted by atomic mass is 9.37. The van der Waals surface area contributed by atoms with Gasteiger partial charge in [-0.3, -0.25) is 0 Å². The lowest BCUT2D eigenvalue weighted by Crippen LogP contribution is -2.61. The zero-order valence-corrected chi connectivity index (χ0v) is 24.6. The van der Waals surface area contributed by atoms with Crippen LogP contribution < -0.4 is 0 Å². The second-order valence-electron chi connectivity index (χ2n) is 13.8. The Hall–Kier alpha value is 0. The van der Waals surface area contributed by atoms with Gasteiger partial charge in [0.05, 0.1) is 0 Å². The van der Waals surface area contributed by atoms with Gasteiger partial charge in [-0.05, 0) is 82.3 Å². The zero-order chi connectivity index (χ0) is 24.6. The summed E-state index contributed by atoms with van der Waals surface area (Å²) in [5, 5.41) is 0. The Kier molecular flexibility index (Phi) is 9.08. The molecule has 0 saturated heterocycles. The van der Waals surface area contributed by atoms with E-state index in [2.05, 4.69) is 104 Å². The van der Waals surface area contributed by atoms with Gasteiger partial charge in [-0.2, -0.15) is 0 Å². The van der Waals surface area contributed by atoms with E-state index < -0.39 is 0 Å². The van der Waals surface area contributed by atoms with Crippen molar-refractivity contribution in [2.75, 3.05) is 0 Å². The Balaban J connectivity index is 3.82. The Morgan fingerprint density at radius 1 is 0.839 bits per heavy atom. The van der Waals surface area contributed by atoms with E-state index in [0.717, 1.165) is 23.7 Å². The molecule has 186 valence electrons. The summed E-state index contributed by atoms with van der Waals surface area (Å²) in [6.07, 6.45) is 7.97. The van der Waals surface area contributed by atoms with E-state index in [0.29, 0.717) is 27.6 Å². The van der Waals surface area contributed by atoms with Gasteiger partial charge in [-0.1, -0.05) is 117 Å². The van der Waals surface area contributed by atoms with Crippen LogP contribution in [0.25, 0.3) is 0 Å². The third-order valence-electron chi connectivity index (χ3n) is 12.9. The van der Waals surface area contributed by atoms with Gasteiger partial charge < -0.3 is 0 Å². The van der Waals surface area contributed by atoms with Crippen molar-refractivity contribution in [3.63, 3.8) is 0 Å². The van der Waals surface area contributed by atoms with Gasteiger partial charge in [0.25, 0.3) is 0 Å². The predicted octanol–water partition coefficient (Wildman–Crippen LogP) is 10.7. The summed E-state index contributed by atoms with van der Waals surface area (Å²) in [6, 6.07) is 0. The van der Waals surface area contributed by atoms with Crippen LogP contribution in [0.5, 0.6) is 0 Å². The van der Waals surface area contributed by atoms with E-state index in [1.807, 2.05) is 0 Å². The summed E-state index contributed by atoms with van der Waals surface area (Å²) in [4.78, 5) is 0. The van der Waals surface area contributed by atoms with Crippen LogP contribution in [0.2, 0.25) is 0 Å². The van der Waals surface area contributed by atoms with Crippen LogP contribution in [-0.4, -0.2) is 0 Å². The number of hydrogen-bond donors (Lipinski definition) is 0. The molecule has 0 radical (unpaired) electrons. The second-order valence-corrected chi connectivity index (χ2v) is 13.8. The van der Waals surface area contributed by atoms with E-state index in [-0.39, 0.29) is 5.41 Å². The Labute approximate surface area is 199 Å². The summed E-state index contributed by atoms with van der Waals surface area (Å²) in [5.41, 5.74) is 1.63. The minimum absolute atomic E-state index is 0.275. The van der Waals surface area contributed by atoms with E-state index in [1.165, 1.54) is 38.5 Å². The minimum Gasteiger partial charge on any atom is -0.0651 e. The lowest BCUT2D eigenvalue weighted by molar-refractivity contribution is -0.190. The third-order valence-corrected chi connectivity index (χ3v) is 12.9. The maximum absolute atomic E-state index is 2.75. The summed E-state index contributed by atoms with van der Waals surface area (Å²) >= 11 is 0.